The van der Waals surface area contributed by atoms with Crippen molar-refractivity contribution in [3.63, 3.8) is 0 Å². The first-order valence-corrected chi connectivity index (χ1v) is 24.1. The van der Waals surface area contributed by atoms with Crippen LogP contribution in [0.15, 0.2) is 34.6 Å². The fraction of sp³-hybridized carbons (Fsp3) is 0.548. The number of unbranched alkanes of at least 4 members (excludes halogenated alkanes) is 1. The Morgan fingerprint density at radius 1 is 1.18 bits per heavy atom. The van der Waals surface area contributed by atoms with Crippen molar-refractivity contribution in [3.05, 3.63) is 57.1 Å². The number of nitrogen functional groups attached to an aromatic ring is 1. The number of carbonyl (C=O) groups is 1. The number of hydrogen-bond donors (Lipinski definition) is 4. The first-order valence-electron chi connectivity index (χ1n) is 17.7. The van der Waals surface area contributed by atoms with Crippen molar-refractivity contribution in [2.45, 2.75) is 75.8 Å². The van der Waals surface area contributed by atoms with Crippen molar-refractivity contribution in [2.75, 3.05) is 38.8 Å². The number of aromatic nitrogens is 9. The van der Waals surface area contributed by atoms with Crippen LogP contribution in [0.25, 0.3) is 11.2 Å². The third-order valence-electron chi connectivity index (χ3n) is 8.97. The Bertz CT molecular complexity index is 2260. The third kappa shape index (κ3) is 11.6. The normalized spacial score (nSPS) is 22.2. The number of nitrogens with two attached hydrogens (primary N) is 1. The fourth-order valence-electron chi connectivity index (χ4n) is 6.18. The maximum atomic E-state index is 12.6. The van der Waals surface area contributed by atoms with Crippen molar-refractivity contribution in [2.24, 2.45) is 0 Å². The number of imidazole rings is 1. The summed E-state index contributed by atoms with van der Waals surface area (Å²) in [5.74, 6) is 5.27. The monoisotopic (exact) mass is 867 g/mol. The van der Waals surface area contributed by atoms with Crippen LogP contribution in [0.4, 0.5) is 5.82 Å². The van der Waals surface area contributed by atoms with Crippen molar-refractivity contribution in [1.82, 2.24) is 49.4 Å². The number of rotatable bonds is 19. The minimum absolute atomic E-state index is 0.0408. The first-order chi connectivity index (χ1) is 27.5. The van der Waals surface area contributed by atoms with Crippen LogP contribution in [0.1, 0.15) is 55.8 Å². The predicted molar refractivity (Wildman–Crippen MR) is 207 cm³/mol. The van der Waals surface area contributed by atoms with E-state index in [2.05, 4.69) is 47.4 Å². The van der Waals surface area contributed by atoms with Crippen LogP contribution in [-0.2, 0) is 50.1 Å². The standard InChI is InChI=1S/C31H41N11O11P4/c1-49-22-11-26(42-18-36-27-28(32)34-17-35-29(27)42)53-23(22)15-51-57(47,48)50-10-3-2-6-20-13-40(39-38-20)14-24(43)33-9-4-5-19-12-41(31(45)37-30(19)44)25-8-7-21(52-25)16-54-56-55-46/h12-13,17-18,21-23,25-26,54,56H,2-3,6-11,14-16H2,1H3,(H,33,43)(H,47,48)(H2,32,34,35)(H,37,44,45)/t21-,22?,23+,25+,26+/m0/s1. The molecule has 306 valence electrons. The van der Waals surface area contributed by atoms with Gasteiger partial charge in [-0.05, 0) is 46.2 Å². The Kier molecular flexibility index (Phi) is 15.2. The molecule has 4 unspecified atom stereocenters. The second-order valence-corrected chi connectivity index (χ2v) is 19.8. The topological polar surface area (TPSA) is 285 Å². The van der Waals surface area contributed by atoms with Gasteiger partial charge in [0.05, 0.1) is 44.0 Å². The molecule has 1 amide bonds. The summed E-state index contributed by atoms with van der Waals surface area (Å²) < 4.78 is 55.6. The summed E-state index contributed by atoms with van der Waals surface area (Å²) in [7, 11) is -1.90. The summed E-state index contributed by atoms with van der Waals surface area (Å²) in [4.78, 5) is 62.2. The summed E-state index contributed by atoms with van der Waals surface area (Å²) in [6.45, 7) is -0.492. The molecule has 4 aromatic rings. The van der Waals surface area contributed by atoms with E-state index in [1.54, 1.807) is 10.8 Å². The molecule has 5 N–H and O–H groups in total. The number of aryl methyl sites for hydroxylation is 1. The van der Waals surface area contributed by atoms with E-state index >= 15 is 0 Å². The lowest BCUT2D eigenvalue weighted by molar-refractivity contribution is -0.121. The van der Waals surface area contributed by atoms with Crippen LogP contribution >= 0.6 is 32.2 Å². The molecular formula is C31H41N11O11P4. The molecule has 22 nitrogen and oxygen atoms in total. The molecule has 57 heavy (non-hydrogen) atoms. The number of methoxy groups -OCH3 is 1. The number of phosphoric ester groups is 1. The average Bonchev–Trinajstić information content (AvgIpc) is 4.00. The Hall–Kier alpha value is -3.85. The van der Waals surface area contributed by atoms with Gasteiger partial charge in [0, 0.05) is 25.9 Å². The second kappa shape index (κ2) is 20.2. The highest BCUT2D eigenvalue weighted by molar-refractivity contribution is 8.40. The quantitative estimate of drug-likeness (QED) is 0.0592. The molecule has 0 saturated carbocycles. The number of hydrogen-bond acceptors (Lipinski definition) is 16. The van der Waals surface area contributed by atoms with Gasteiger partial charge in [-0.25, -0.2) is 29.0 Å². The highest BCUT2D eigenvalue weighted by atomic mass is 32.4. The molecule has 2 saturated heterocycles. The van der Waals surface area contributed by atoms with Gasteiger partial charge < -0.3 is 30.2 Å². The molecule has 0 spiro atoms. The molecule has 6 rings (SSSR count). The first kappa shape index (κ1) is 42.7. The molecule has 0 aliphatic carbocycles. The third-order valence-corrected chi connectivity index (χ3v) is 14.5. The number of nitrogens with zero attached hydrogens (tertiary/aromatic N) is 8. The maximum absolute atomic E-state index is 12.6. The van der Waals surface area contributed by atoms with Crippen LogP contribution in [0.5, 0.6) is 0 Å². The van der Waals surface area contributed by atoms with Crippen molar-refractivity contribution in [3.8, 4) is 11.8 Å². The van der Waals surface area contributed by atoms with Gasteiger partial charge in [-0.15, -0.1) is 5.10 Å². The molecule has 0 radical (unpaired) electrons. The summed E-state index contributed by atoms with van der Waals surface area (Å²) in [5, 5.41) is 10.7. The highest BCUT2D eigenvalue weighted by Crippen LogP contribution is 2.48. The van der Waals surface area contributed by atoms with Crippen LogP contribution in [0.2, 0.25) is 0 Å². The van der Waals surface area contributed by atoms with Gasteiger partial charge in [0.1, 0.15) is 42.5 Å². The van der Waals surface area contributed by atoms with Crippen molar-refractivity contribution < 1.29 is 42.1 Å². The fourth-order valence-corrected chi connectivity index (χ4v) is 10.2. The van der Waals surface area contributed by atoms with Gasteiger partial charge in [-0.1, -0.05) is 25.3 Å². The predicted octanol–water partition coefficient (Wildman–Crippen LogP) is 1.63. The van der Waals surface area contributed by atoms with E-state index in [0.717, 1.165) is 12.6 Å². The number of anilines is 1. The smallest absolute Gasteiger partial charge is 0.382 e. The molecule has 4 aromatic heterocycles. The van der Waals surface area contributed by atoms with Crippen LogP contribution in [0, 0.1) is 11.8 Å². The Morgan fingerprint density at radius 3 is 2.86 bits per heavy atom. The van der Waals surface area contributed by atoms with E-state index in [1.807, 2.05) is 0 Å². The number of ether oxygens (including phenoxy) is 3. The number of H-pyrrole nitrogens is 1. The van der Waals surface area contributed by atoms with E-state index in [4.69, 9.17) is 29.0 Å². The molecular weight excluding hydrogens is 826 g/mol. The van der Waals surface area contributed by atoms with E-state index in [1.165, 1.54) is 35.2 Å². The zero-order valence-corrected chi connectivity index (χ0v) is 34.3. The molecule has 0 aromatic carbocycles. The lowest BCUT2D eigenvalue weighted by atomic mass is 10.2. The number of fused-ring (bicyclic) bond motifs is 1. The summed E-state index contributed by atoms with van der Waals surface area (Å²) in [6.07, 6.45) is 7.62. The zero-order valence-electron chi connectivity index (χ0n) is 30.6. The summed E-state index contributed by atoms with van der Waals surface area (Å²) in [6, 6.07) is 0. The van der Waals surface area contributed by atoms with Gasteiger partial charge in [0.15, 0.2) is 19.6 Å². The molecule has 26 heteroatoms. The van der Waals surface area contributed by atoms with Gasteiger partial charge >= 0.3 is 13.5 Å². The zero-order chi connectivity index (χ0) is 40.4. The van der Waals surface area contributed by atoms with Crippen molar-refractivity contribution in [1.29, 1.82) is 0 Å². The second-order valence-electron chi connectivity index (χ2n) is 12.8. The van der Waals surface area contributed by atoms with Gasteiger partial charge in [0.25, 0.3) is 5.56 Å². The SMILES string of the molecule is COC1C[C@H](n2cnc3c(N)ncnc32)O[C@@H]1COP(=O)(O)OCCCCc1cn(CC(=O)NCC#Cc2cn([C@H]3CC[C@@H](CPPP=O)O3)c(=O)[nH]c2=O)nn1. The number of nitrogens with one attached hydrogen (secondary N) is 2. The van der Waals surface area contributed by atoms with Crippen LogP contribution in [-0.4, -0.2) is 106 Å². The van der Waals surface area contributed by atoms with Crippen molar-refractivity contribution >= 4 is 55.1 Å². The molecule has 0 bridgehead atoms. The Balaban J connectivity index is 0.875. The number of carbonyl (C=O) groups excluding carboxylic acids is 1. The molecule has 2 aliphatic heterocycles. The average molecular weight is 868 g/mol. The minimum Gasteiger partial charge on any atom is -0.382 e. The lowest BCUT2D eigenvalue weighted by Crippen LogP contribution is -2.33. The van der Waals surface area contributed by atoms with E-state index in [9.17, 15) is 28.4 Å². The Labute approximate surface area is 329 Å². The van der Waals surface area contributed by atoms with E-state index in [-0.39, 0.29) is 57.8 Å². The number of phosphoric acid groups is 1. The van der Waals surface area contributed by atoms with Crippen LogP contribution in [0.3, 0.4) is 0 Å². The molecule has 2 fully saturated rings. The summed E-state index contributed by atoms with van der Waals surface area (Å²) in [5.41, 5.74) is 6.23. The highest BCUT2D eigenvalue weighted by Gasteiger charge is 2.39. The van der Waals surface area contributed by atoms with Gasteiger partial charge in [-0.2, -0.15) is 0 Å². The Morgan fingerprint density at radius 2 is 2.04 bits per heavy atom. The van der Waals surface area contributed by atoms with E-state index in [0.29, 0.717) is 65.2 Å². The number of aromatic amines is 1. The molecule has 2 aliphatic rings. The largest absolute Gasteiger partial charge is 0.472 e. The van der Waals surface area contributed by atoms with Crippen LogP contribution < -0.4 is 22.3 Å². The number of amides is 1. The maximum Gasteiger partial charge on any atom is 0.472 e. The lowest BCUT2D eigenvalue weighted by Gasteiger charge is -2.19. The summed E-state index contributed by atoms with van der Waals surface area (Å²) >= 11 is 0. The molecule has 8 atom stereocenters. The molecule has 6 heterocycles. The van der Waals surface area contributed by atoms with Gasteiger partial charge in [0.2, 0.25) is 5.91 Å². The van der Waals surface area contributed by atoms with Gasteiger partial charge in [-0.3, -0.25) is 37.3 Å². The van der Waals surface area contributed by atoms with E-state index < -0.39 is 43.7 Å². The minimum atomic E-state index is -4.40.